The predicted octanol–water partition coefficient (Wildman–Crippen LogP) is 2.06. The van der Waals surface area contributed by atoms with Gasteiger partial charge in [-0.05, 0) is 24.1 Å². The zero-order valence-electron chi connectivity index (χ0n) is 8.53. The minimum Gasteiger partial charge on any atom is -0.481 e. The molecule has 0 radical (unpaired) electrons. The Morgan fingerprint density at radius 3 is 3.00 bits per heavy atom. The zero-order chi connectivity index (χ0) is 11.5. The predicted molar refractivity (Wildman–Crippen MR) is 59.0 cm³/mol. The summed E-state index contributed by atoms with van der Waals surface area (Å²) in [6, 6.07) is 7.53. The maximum Gasteiger partial charge on any atom is 0.303 e. The number of carboxylic acid groups (broad SMARTS) is 1. The fourth-order valence-corrected chi connectivity index (χ4v) is 1.79. The first kappa shape index (κ1) is 10.2. The number of nitrogens with zero attached hydrogens (tertiary/aromatic N) is 1. The third-order valence-electron chi connectivity index (χ3n) is 2.52. The largest absolute Gasteiger partial charge is 0.481 e. The van der Waals surface area contributed by atoms with Crippen LogP contribution in [-0.4, -0.2) is 16.1 Å². The summed E-state index contributed by atoms with van der Waals surface area (Å²) in [6.45, 7) is 0. The number of carboxylic acids is 1. The van der Waals surface area contributed by atoms with Crippen LogP contribution in [0.4, 0.5) is 0 Å². The lowest BCUT2D eigenvalue weighted by molar-refractivity contribution is -0.136. The maximum absolute atomic E-state index is 10.5. The lowest BCUT2D eigenvalue weighted by atomic mass is 10.0. The van der Waals surface area contributed by atoms with Gasteiger partial charge in [0.2, 0.25) is 0 Å². The van der Waals surface area contributed by atoms with E-state index in [-0.39, 0.29) is 6.42 Å². The van der Waals surface area contributed by atoms with Crippen molar-refractivity contribution in [3.63, 3.8) is 0 Å². The molecular formula is C12H10N2O2. The minimum absolute atomic E-state index is 0.0761. The van der Waals surface area contributed by atoms with Crippen LogP contribution >= 0.6 is 0 Å². The Hall–Kier alpha value is -2.28. The lowest BCUT2D eigenvalue weighted by Crippen LogP contribution is -1.97. The van der Waals surface area contributed by atoms with Gasteiger partial charge in [-0.1, -0.05) is 6.07 Å². The Labute approximate surface area is 92.1 Å². The molecule has 4 nitrogen and oxygen atoms in total. The standard InChI is InChI=1S/C12H10N2O2/c13-6-8-2-1-3-10-12(8)9(7-14-10)4-5-11(15)16/h1-3,7,14H,4-5H2,(H,15,16). The molecule has 80 valence electrons. The molecule has 0 bridgehead atoms. The molecular weight excluding hydrogens is 204 g/mol. The van der Waals surface area contributed by atoms with Gasteiger partial charge in [-0.2, -0.15) is 5.26 Å². The van der Waals surface area contributed by atoms with Gasteiger partial charge < -0.3 is 10.1 Å². The van der Waals surface area contributed by atoms with Crippen LogP contribution < -0.4 is 0 Å². The zero-order valence-corrected chi connectivity index (χ0v) is 8.53. The monoisotopic (exact) mass is 214 g/mol. The van der Waals surface area contributed by atoms with Crippen LogP contribution in [-0.2, 0) is 11.2 Å². The van der Waals surface area contributed by atoms with Crippen LogP contribution in [0, 0.1) is 11.3 Å². The van der Waals surface area contributed by atoms with Crippen LogP contribution in [0.5, 0.6) is 0 Å². The molecule has 2 N–H and O–H groups in total. The van der Waals surface area contributed by atoms with E-state index in [1.54, 1.807) is 18.3 Å². The van der Waals surface area contributed by atoms with E-state index in [9.17, 15) is 4.79 Å². The molecule has 0 atom stereocenters. The Morgan fingerprint density at radius 1 is 1.50 bits per heavy atom. The van der Waals surface area contributed by atoms with Crippen molar-refractivity contribution in [3.8, 4) is 6.07 Å². The van der Waals surface area contributed by atoms with Crippen molar-refractivity contribution in [2.45, 2.75) is 12.8 Å². The first-order valence-electron chi connectivity index (χ1n) is 4.93. The molecule has 2 aromatic rings. The quantitative estimate of drug-likeness (QED) is 0.820. The number of aryl methyl sites for hydroxylation is 1. The average molecular weight is 214 g/mol. The molecule has 1 aromatic heterocycles. The third-order valence-corrected chi connectivity index (χ3v) is 2.52. The van der Waals surface area contributed by atoms with Crippen molar-refractivity contribution in [1.82, 2.24) is 4.98 Å². The van der Waals surface area contributed by atoms with E-state index in [2.05, 4.69) is 11.1 Å². The van der Waals surface area contributed by atoms with Gasteiger partial charge in [-0.15, -0.1) is 0 Å². The molecule has 0 fully saturated rings. The highest BCUT2D eigenvalue weighted by Gasteiger charge is 2.09. The highest BCUT2D eigenvalue weighted by molar-refractivity contribution is 5.89. The van der Waals surface area contributed by atoms with Crippen LogP contribution in [0.1, 0.15) is 17.5 Å². The van der Waals surface area contributed by atoms with E-state index in [0.29, 0.717) is 12.0 Å². The molecule has 0 aliphatic carbocycles. The van der Waals surface area contributed by atoms with Crippen molar-refractivity contribution in [1.29, 1.82) is 5.26 Å². The van der Waals surface area contributed by atoms with Gasteiger partial charge in [0.05, 0.1) is 11.6 Å². The number of nitrogens with one attached hydrogen (secondary N) is 1. The second kappa shape index (κ2) is 4.07. The fourth-order valence-electron chi connectivity index (χ4n) is 1.79. The second-order valence-electron chi connectivity index (χ2n) is 3.55. The number of fused-ring (bicyclic) bond motifs is 1. The molecule has 4 heteroatoms. The summed E-state index contributed by atoms with van der Waals surface area (Å²) in [4.78, 5) is 13.6. The molecule has 1 aromatic carbocycles. The fraction of sp³-hybridized carbons (Fsp3) is 0.167. The molecule has 0 saturated carbocycles. The number of aromatic amines is 1. The first-order valence-corrected chi connectivity index (χ1v) is 4.93. The minimum atomic E-state index is -0.830. The van der Waals surface area contributed by atoms with E-state index < -0.39 is 5.97 Å². The number of aromatic nitrogens is 1. The van der Waals surface area contributed by atoms with Gasteiger partial charge in [0.25, 0.3) is 0 Å². The second-order valence-corrected chi connectivity index (χ2v) is 3.55. The molecule has 0 unspecified atom stereocenters. The molecule has 0 amide bonds. The number of rotatable bonds is 3. The van der Waals surface area contributed by atoms with Crippen molar-refractivity contribution in [2.24, 2.45) is 0 Å². The summed E-state index contributed by atoms with van der Waals surface area (Å²) >= 11 is 0. The van der Waals surface area contributed by atoms with Crippen LogP contribution in [0.25, 0.3) is 10.9 Å². The van der Waals surface area contributed by atoms with Gasteiger partial charge in [-0.25, -0.2) is 0 Å². The van der Waals surface area contributed by atoms with Gasteiger partial charge in [0, 0.05) is 23.5 Å². The normalized spacial score (nSPS) is 10.2. The smallest absolute Gasteiger partial charge is 0.303 e. The first-order chi connectivity index (χ1) is 7.72. The molecule has 0 aliphatic heterocycles. The summed E-state index contributed by atoms with van der Waals surface area (Å²) in [6.07, 6.45) is 2.29. The van der Waals surface area contributed by atoms with E-state index in [0.717, 1.165) is 16.5 Å². The van der Waals surface area contributed by atoms with E-state index in [1.807, 2.05) is 6.07 Å². The molecule has 0 spiro atoms. The molecule has 1 heterocycles. The van der Waals surface area contributed by atoms with Crippen LogP contribution in [0.3, 0.4) is 0 Å². The summed E-state index contributed by atoms with van der Waals surface area (Å²) < 4.78 is 0. The molecule has 16 heavy (non-hydrogen) atoms. The summed E-state index contributed by atoms with van der Waals surface area (Å²) in [5, 5.41) is 18.5. The summed E-state index contributed by atoms with van der Waals surface area (Å²) in [7, 11) is 0. The SMILES string of the molecule is N#Cc1cccc2[nH]cc(CCC(=O)O)c12. The highest BCUT2D eigenvalue weighted by atomic mass is 16.4. The van der Waals surface area contributed by atoms with E-state index in [1.165, 1.54) is 0 Å². The van der Waals surface area contributed by atoms with E-state index in [4.69, 9.17) is 10.4 Å². The lowest BCUT2D eigenvalue weighted by Gasteiger charge is -1.98. The number of benzene rings is 1. The molecule has 2 rings (SSSR count). The third kappa shape index (κ3) is 1.75. The Morgan fingerprint density at radius 2 is 2.31 bits per heavy atom. The van der Waals surface area contributed by atoms with Crippen molar-refractivity contribution >= 4 is 16.9 Å². The van der Waals surface area contributed by atoms with Gasteiger partial charge in [-0.3, -0.25) is 4.79 Å². The summed E-state index contributed by atoms with van der Waals surface area (Å²) in [5.41, 5.74) is 2.34. The maximum atomic E-state index is 10.5. The Bertz CT molecular complexity index is 578. The highest BCUT2D eigenvalue weighted by Crippen LogP contribution is 2.23. The number of aliphatic carboxylic acids is 1. The van der Waals surface area contributed by atoms with Crippen LogP contribution in [0.15, 0.2) is 24.4 Å². The number of carbonyl (C=O) groups is 1. The van der Waals surface area contributed by atoms with Crippen molar-refractivity contribution in [2.75, 3.05) is 0 Å². The molecule has 0 saturated heterocycles. The Kier molecular flexibility index (Phi) is 2.61. The van der Waals surface area contributed by atoms with Crippen molar-refractivity contribution in [3.05, 3.63) is 35.5 Å². The topological polar surface area (TPSA) is 76.9 Å². The van der Waals surface area contributed by atoms with Crippen molar-refractivity contribution < 1.29 is 9.90 Å². The molecule has 0 aliphatic rings. The summed E-state index contributed by atoms with van der Waals surface area (Å²) in [5.74, 6) is -0.830. The number of hydrogen-bond acceptors (Lipinski definition) is 2. The van der Waals surface area contributed by atoms with Gasteiger partial charge in [0.15, 0.2) is 0 Å². The van der Waals surface area contributed by atoms with Gasteiger partial charge in [0.1, 0.15) is 0 Å². The average Bonchev–Trinajstić information content (AvgIpc) is 2.69. The van der Waals surface area contributed by atoms with Crippen LogP contribution in [0.2, 0.25) is 0 Å². The number of nitriles is 1. The van der Waals surface area contributed by atoms with E-state index >= 15 is 0 Å². The number of hydrogen-bond donors (Lipinski definition) is 2. The van der Waals surface area contributed by atoms with Gasteiger partial charge >= 0.3 is 5.97 Å². The Balaban J connectivity index is 2.46. The number of H-pyrrole nitrogens is 1.